The Labute approximate surface area is 81.7 Å². The fourth-order valence-corrected chi connectivity index (χ4v) is 2.85. The molecular weight excluding hydrogens is 156 g/mol. The zero-order valence-electron chi connectivity index (χ0n) is 9.22. The number of rotatable bonds is 0. The summed E-state index contributed by atoms with van der Waals surface area (Å²) < 4.78 is 0. The van der Waals surface area contributed by atoms with Gasteiger partial charge in [-0.15, -0.1) is 0 Å². The van der Waals surface area contributed by atoms with Crippen molar-refractivity contribution in [3.05, 3.63) is 23.8 Å². The molecule has 0 radical (unpaired) electrons. The van der Waals surface area contributed by atoms with Crippen LogP contribution in [-0.2, 0) is 0 Å². The molecule has 72 valence electrons. The van der Waals surface area contributed by atoms with Crippen LogP contribution in [0.5, 0.6) is 0 Å². The topological polar surface area (TPSA) is 0 Å². The second-order valence-corrected chi connectivity index (χ2v) is 5.62. The van der Waals surface area contributed by atoms with Gasteiger partial charge in [0.2, 0.25) is 0 Å². The Bertz CT molecular complexity index is 275. The lowest BCUT2D eigenvalue weighted by Crippen LogP contribution is -2.30. The second-order valence-electron chi connectivity index (χ2n) is 5.62. The third-order valence-corrected chi connectivity index (χ3v) is 4.09. The molecule has 2 atom stereocenters. The van der Waals surface area contributed by atoms with Crippen molar-refractivity contribution in [3.63, 3.8) is 0 Å². The number of hydrogen-bond acceptors (Lipinski definition) is 0. The predicted molar refractivity (Wildman–Crippen MR) is 57.5 cm³/mol. The summed E-state index contributed by atoms with van der Waals surface area (Å²) in [5.41, 5.74) is 2.56. The van der Waals surface area contributed by atoms with Gasteiger partial charge in [-0.25, -0.2) is 0 Å². The van der Waals surface area contributed by atoms with E-state index in [1.165, 1.54) is 12.8 Å². The number of allylic oxidation sites excluding steroid dienone is 4. The van der Waals surface area contributed by atoms with Crippen molar-refractivity contribution in [1.82, 2.24) is 0 Å². The molecule has 2 unspecified atom stereocenters. The lowest BCUT2D eigenvalue weighted by Gasteiger charge is -2.38. The standard InChI is InChI=1S/C13H20/c1-5-10-8-13(12(2,3)4)7-6-11(10)9-13/h5-7,11H,8-9H2,1-4H3. The van der Waals surface area contributed by atoms with Gasteiger partial charge in [0.15, 0.2) is 0 Å². The van der Waals surface area contributed by atoms with Crippen LogP contribution in [0.1, 0.15) is 40.5 Å². The van der Waals surface area contributed by atoms with Crippen molar-refractivity contribution in [2.45, 2.75) is 40.5 Å². The van der Waals surface area contributed by atoms with Crippen molar-refractivity contribution < 1.29 is 0 Å². The van der Waals surface area contributed by atoms with Gasteiger partial charge in [-0.2, -0.15) is 0 Å². The second kappa shape index (κ2) is 2.50. The lowest BCUT2D eigenvalue weighted by atomic mass is 9.66. The first kappa shape index (κ1) is 9.05. The quantitative estimate of drug-likeness (QED) is 0.490. The summed E-state index contributed by atoms with van der Waals surface area (Å²) in [7, 11) is 0. The molecule has 2 aliphatic rings. The monoisotopic (exact) mass is 176 g/mol. The van der Waals surface area contributed by atoms with E-state index < -0.39 is 0 Å². The summed E-state index contributed by atoms with van der Waals surface area (Å²) in [4.78, 5) is 0. The van der Waals surface area contributed by atoms with Crippen LogP contribution in [0, 0.1) is 16.7 Å². The first-order valence-corrected chi connectivity index (χ1v) is 5.33. The smallest absolute Gasteiger partial charge is 0.00143 e. The molecule has 0 amide bonds. The van der Waals surface area contributed by atoms with Gasteiger partial charge in [0, 0.05) is 0 Å². The molecule has 0 aliphatic heterocycles. The van der Waals surface area contributed by atoms with E-state index in [0.717, 1.165) is 5.92 Å². The maximum Gasteiger partial charge on any atom is -0.00143 e. The minimum absolute atomic E-state index is 0.420. The van der Waals surface area contributed by atoms with E-state index in [4.69, 9.17) is 0 Å². The van der Waals surface area contributed by atoms with E-state index in [0.29, 0.717) is 10.8 Å². The third kappa shape index (κ3) is 1.11. The molecule has 0 saturated heterocycles. The SMILES string of the molecule is CC=C1CC2(C(C)(C)C)C=CC1C2. The van der Waals surface area contributed by atoms with E-state index >= 15 is 0 Å². The van der Waals surface area contributed by atoms with E-state index in [2.05, 4.69) is 45.9 Å². The molecule has 0 heterocycles. The highest BCUT2D eigenvalue weighted by atomic mass is 14.5. The number of hydrogen-bond donors (Lipinski definition) is 0. The maximum absolute atomic E-state index is 2.48. The van der Waals surface area contributed by atoms with Crippen molar-refractivity contribution in [1.29, 1.82) is 0 Å². The van der Waals surface area contributed by atoms with Gasteiger partial charge in [0.25, 0.3) is 0 Å². The minimum atomic E-state index is 0.420. The van der Waals surface area contributed by atoms with Gasteiger partial charge in [-0.1, -0.05) is 44.6 Å². The van der Waals surface area contributed by atoms with Crippen LogP contribution in [-0.4, -0.2) is 0 Å². The van der Waals surface area contributed by atoms with Crippen LogP contribution in [0.25, 0.3) is 0 Å². The van der Waals surface area contributed by atoms with Crippen LogP contribution >= 0.6 is 0 Å². The molecule has 0 N–H and O–H groups in total. The average molecular weight is 176 g/mol. The molecule has 2 aliphatic carbocycles. The fraction of sp³-hybridized carbons (Fsp3) is 0.692. The lowest BCUT2D eigenvalue weighted by molar-refractivity contribution is 0.161. The van der Waals surface area contributed by atoms with Gasteiger partial charge in [0.1, 0.15) is 0 Å². The van der Waals surface area contributed by atoms with Gasteiger partial charge >= 0.3 is 0 Å². The summed E-state index contributed by atoms with van der Waals surface area (Å²) in [6, 6.07) is 0. The molecule has 0 aromatic heterocycles. The molecule has 1 fully saturated rings. The summed E-state index contributed by atoms with van der Waals surface area (Å²) in [6.07, 6.45) is 9.88. The molecule has 0 aromatic carbocycles. The third-order valence-electron chi connectivity index (χ3n) is 4.09. The Morgan fingerprint density at radius 2 is 2.15 bits per heavy atom. The van der Waals surface area contributed by atoms with Crippen LogP contribution < -0.4 is 0 Å². The van der Waals surface area contributed by atoms with Crippen LogP contribution in [0.3, 0.4) is 0 Å². The van der Waals surface area contributed by atoms with E-state index in [1.807, 2.05) is 0 Å². The van der Waals surface area contributed by atoms with Crippen molar-refractivity contribution in [2.75, 3.05) is 0 Å². The first-order chi connectivity index (χ1) is 5.98. The predicted octanol–water partition coefficient (Wildman–Crippen LogP) is 3.95. The zero-order valence-corrected chi connectivity index (χ0v) is 9.22. The van der Waals surface area contributed by atoms with Crippen LogP contribution in [0.2, 0.25) is 0 Å². The molecular formula is C13H20. The highest BCUT2D eigenvalue weighted by molar-refractivity contribution is 5.33. The van der Waals surface area contributed by atoms with Crippen molar-refractivity contribution in [3.8, 4) is 0 Å². The largest absolute Gasteiger partial charge is 0.0878 e. The zero-order chi connectivity index (χ0) is 9.69. The van der Waals surface area contributed by atoms with E-state index in [-0.39, 0.29) is 0 Å². The number of fused-ring (bicyclic) bond motifs is 2. The Morgan fingerprint density at radius 1 is 1.46 bits per heavy atom. The molecule has 0 heteroatoms. The Balaban J connectivity index is 2.36. The Kier molecular flexibility index (Phi) is 1.74. The highest BCUT2D eigenvalue weighted by Crippen LogP contribution is 2.60. The van der Waals surface area contributed by atoms with E-state index in [1.54, 1.807) is 5.57 Å². The minimum Gasteiger partial charge on any atom is -0.0878 e. The molecule has 1 saturated carbocycles. The first-order valence-electron chi connectivity index (χ1n) is 5.33. The van der Waals surface area contributed by atoms with Gasteiger partial charge in [-0.05, 0) is 36.5 Å². The van der Waals surface area contributed by atoms with Crippen molar-refractivity contribution in [2.24, 2.45) is 16.7 Å². The maximum atomic E-state index is 2.48. The molecule has 2 rings (SSSR count). The summed E-state index contributed by atoms with van der Waals surface area (Å²) in [5.74, 6) is 0.768. The molecule has 2 bridgehead atoms. The van der Waals surface area contributed by atoms with Crippen LogP contribution in [0.4, 0.5) is 0 Å². The fourth-order valence-electron chi connectivity index (χ4n) is 2.85. The molecule has 0 spiro atoms. The Morgan fingerprint density at radius 3 is 2.54 bits per heavy atom. The summed E-state index contributed by atoms with van der Waals surface area (Å²) in [5, 5.41) is 0. The van der Waals surface area contributed by atoms with Crippen LogP contribution in [0.15, 0.2) is 23.8 Å². The average Bonchev–Trinajstić information content (AvgIpc) is 2.59. The Hall–Kier alpha value is -0.520. The molecule has 13 heavy (non-hydrogen) atoms. The highest BCUT2D eigenvalue weighted by Gasteiger charge is 2.50. The summed E-state index contributed by atoms with van der Waals surface area (Å²) >= 11 is 0. The summed E-state index contributed by atoms with van der Waals surface area (Å²) in [6.45, 7) is 9.30. The van der Waals surface area contributed by atoms with Gasteiger partial charge in [0.05, 0.1) is 0 Å². The molecule has 0 aromatic rings. The van der Waals surface area contributed by atoms with E-state index in [9.17, 15) is 0 Å². The normalized spacial score (nSPS) is 40.6. The van der Waals surface area contributed by atoms with Crippen molar-refractivity contribution >= 4 is 0 Å². The molecule has 0 nitrogen and oxygen atoms in total. The van der Waals surface area contributed by atoms with Gasteiger partial charge < -0.3 is 0 Å². The van der Waals surface area contributed by atoms with Gasteiger partial charge in [-0.3, -0.25) is 0 Å².